The number of hydrogen-bond donors (Lipinski definition) is 2. The van der Waals surface area contributed by atoms with Gasteiger partial charge in [-0.25, -0.2) is 9.82 Å². The molecular weight excluding hydrogens is 299 g/mol. The fourth-order valence-electron chi connectivity index (χ4n) is 1.76. The number of anilines is 1. The second kappa shape index (κ2) is 7.79. The van der Waals surface area contributed by atoms with Gasteiger partial charge in [0, 0.05) is 29.4 Å². The van der Waals surface area contributed by atoms with Crippen LogP contribution in [0.5, 0.6) is 0 Å². The summed E-state index contributed by atoms with van der Waals surface area (Å²) in [6.45, 7) is 1.61. The maximum absolute atomic E-state index is 13.0. The summed E-state index contributed by atoms with van der Waals surface area (Å²) in [5.41, 5.74) is 3.56. The van der Waals surface area contributed by atoms with Crippen LogP contribution in [-0.2, 0) is 4.79 Å². The van der Waals surface area contributed by atoms with Gasteiger partial charge in [0.15, 0.2) is 0 Å². The molecule has 2 aromatic rings. The number of halogens is 1. The highest BCUT2D eigenvalue weighted by Crippen LogP contribution is 2.09. The summed E-state index contributed by atoms with van der Waals surface area (Å²) in [5, 5.41) is 6.41. The Morgan fingerprint density at radius 3 is 2.65 bits per heavy atom. The van der Waals surface area contributed by atoms with Crippen molar-refractivity contribution in [2.75, 3.05) is 5.32 Å². The normalized spacial score (nSPS) is 11.0. The van der Waals surface area contributed by atoms with Gasteiger partial charge in [0.2, 0.25) is 5.91 Å². The van der Waals surface area contributed by atoms with Crippen LogP contribution in [0.1, 0.15) is 23.7 Å². The van der Waals surface area contributed by atoms with Gasteiger partial charge in [0.1, 0.15) is 5.82 Å². The van der Waals surface area contributed by atoms with E-state index >= 15 is 0 Å². The third-order valence-electron chi connectivity index (χ3n) is 2.82. The lowest BCUT2D eigenvalue weighted by molar-refractivity contribution is -0.115. The van der Waals surface area contributed by atoms with Crippen LogP contribution in [0.15, 0.2) is 53.9 Å². The Hall–Kier alpha value is -3.09. The molecule has 0 saturated carbocycles. The van der Waals surface area contributed by atoms with E-state index in [4.69, 9.17) is 0 Å². The van der Waals surface area contributed by atoms with Crippen LogP contribution < -0.4 is 10.7 Å². The van der Waals surface area contributed by atoms with E-state index in [0.717, 1.165) is 0 Å². The molecule has 0 aliphatic heterocycles. The highest BCUT2D eigenvalue weighted by molar-refractivity contribution is 6.06. The van der Waals surface area contributed by atoms with Gasteiger partial charge in [0.05, 0.1) is 6.42 Å². The number of nitrogens with zero attached hydrogens (tertiary/aromatic N) is 2. The summed E-state index contributed by atoms with van der Waals surface area (Å²) in [6.07, 6.45) is 2.98. The second-order valence-corrected chi connectivity index (χ2v) is 4.76. The van der Waals surface area contributed by atoms with Crippen LogP contribution in [0.4, 0.5) is 10.1 Å². The first-order valence-corrected chi connectivity index (χ1v) is 6.83. The first-order chi connectivity index (χ1) is 11.0. The predicted molar refractivity (Wildman–Crippen MR) is 84.5 cm³/mol. The molecule has 0 bridgehead atoms. The second-order valence-electron chi connectivity index (χ2n) is 4.76. The molecule has 1 aromatic heterocycles. The van der Waals surface area contributed by atoms with Gasteiger partial charge in [0.25, 0.3) is 5.91 Å². The van der Waals surface area contributed by atoms with Gasteiger partial charge in [-0.15, -0.1) is 0 Å². The third kappa shape index (κ3) is 5.31. The monoisotopic (exact) mass is 314 g/mol. The third-order valence-corrected chi connectivity index (χ3v) is 2.82. The van der Waals surface area contributed by atoms with Crippen molar-refractivity contribution in [3.8, 4) is 0 Å². The van der Waals surface area contributed by atoms with Crippen molar-refractivity contribution in [3.63, 3.8) is 0 Å². The standard InChI is InChI=1S/C16H15FN4O2/c1-11(20-21-16(23)12-5-7-18-8-6-12)9-15(22)19-14-4-2-3-13(17)10-14/h2-8,10H,9H2,1H3,(H,19,22)(H,21,23)/b20-11-. The minimum atomic E-state index is -0.433. The lowest BCUT2D eigenvalue weighted by atomic mass is 10.2. The Bertz CT molecular complexity index is 732. The molecule has 0 aliphatic rings. The molecule has 2 N–H and O–H groups in total. The molecule has 7 heteroatoms. The van der Waals surface area contributed by atoms with E-state index in [1.807, 2.05) is 0 Å². The zero-order chi connectivity index (χ0) is 16.7. The largest absolute Gasteiger partial charge is 0.326 e. The van der Waals surface area contributed by atoms with E-state index in [-0.39, 0.29) is 12.3 Å². The van der Waals surface area contributed by atoms with Crippen molar-refractivity contribution in [1.82, 2.24) is 10.4 Å². The number of carbonyl (C=O) groups excluding carboxylic acids is 2. The molecule has 0 aliphatic carbocycles. The highest BCUT2D eigenvalue weighted by atomic mass is 19.1. The average molecular weight is 314 g/mol. The number of benzene rings is 1. The van der Waals surface area contributed by atoms with Crippen LogP contribution in [0.2, 0.25) is 0 Å². The molecule has 6 nitrogen and oxygen atoms in total. The molecule has 0 spiro atoms. The quantitative estimate of drug-likeness (QED) is 0.656. The van der Waals surface area contributed by atoms with Crippen LogP contribution in [0.25, 0.3) is 0 Å². The number of amides is 2. The van der Waals surface area contributed by atoms with Crippen molar-refractivity contribution in [1.29, 1.82) is 0 Å². The number of hydrazone groups is 1. The number of rotatable bonds is 5. The molecule has 1 heterocycles. The van der Waals surface area contributed by atoms with Crippen LogP contribution in [0.3, 0.4) is 0 Å². The van der Waals surface area contributed by atoms with Crippen molar-refractivity contribution in [2.24, 2.45) is 5.10 Å². The highest BCUT2D eigenvalue weighted by Gasteiger charge is 2.07. The van der Waals surface area contributed by atoms with Crippen LogP contribution in [-0.4, -0.2) is 22.5 Å². The molecular formula is C16H15FN4O2. The van der Waals surface area contributed by atoms with Crippen LogP contribution >= 0.6 is 0 Å². The molecule has 118 valence electrons. The van der Waals surface area contributed by atoms with Gasteiger partial charge in [-0.05, 0) is 37.3 Å². The smallest absolute Gasteiger partial charge is 0.271 e. The summed E-state index contributed by atoms with van der Waals surface area (Å²) < 4.78 is 13.0. The maximum Gasteiger partial charge on any atom is 0.271 e. The summed E-state index contributed by atoms with van der Waals surface area (Å²) in [6, 6.07) is 8.69. The lowest BCUT2D eigenvalue weighted by Crippen LogP contribution is -2.21. The van der Waals surface area contributed by atoms with E-state index in [0.29, 0.717) is 17.0 Å². The van der Waals surface area contributed by atoms with E-state index in [2.05, 4.69) is 20.8 Å². The van der Waals surface area contributed by atoms with E-state index < -0.39 is 11.7 Å². The van der Waals surface area contributed by atoms with Crippen molar-refractivity contribution in [2.45, 2.75) is 13.3 Å². The minimum absolute atomic E-state index is 0.0207. The Kier molecular flexibility index (Phi) is 5.51. The molecule has 2 rings (SSSR count). The number of aromatic nitrogens is 1. The number of hydrogen-bond acceptors (Lipinski definition) is 4. The van der Waals surface area contributed by atoms with E-state index in [1.54, 1.807) is 25.1 Å². The molecule has 0 saturated heterocycles. The van der Waals surface area contributed by atoms with Gasteiger partial charge >= 0.3 is 0 Å². The molecule has 0 fully saturated rings. The fourth-order valence-corrected chi connectivity index (χ4v) is 1.76. The number of carbonyl (C=O) groups is 2. The molecule has 0 unspecified atom stereocenters. The summed E-state index contributed by atoms with van der Waals surface area (Å²) in [7, 11) is 0. The summed E-state index contributed by atoms with van der Waals surface area (Å²) in [4.78, 5) is 27.4. The molecule has 23 heavy (non-hydrogen) atoms. The maximum atomic E-state index is 13.0. The van der Waals surface area contributed by atoms with Crippen LogP contribution in [0, 0.1) is 5.82 Å². The SMILES string of the molecule is C/C(CC(=O)Nc1cccc(F)c1)=N/NC(=O)c1ccncc1. The Balaban J connectivity index is 1.87. The van der Waals surface area contributed by atoms with Crippen molar-refractivity contribution < 1.29 is 14.0 Å². The molecule has 0 atom stereocenters. The predicted octanol–water partition coefficient (Wildman–Crippen LogP) is 2.36. The first kappa shape index (κ1) is 16.3. The molecule has 0 radical (unpaired) electrons. The van der Waals surface area contributed by atoms with E-state index in [9.17, 15) is 14.0 Å². The van der Waals surface area contributed by atoms with Crippen molar-refractivity contribution >= 4 is 23.2 Å². The van der Waals surface area contributed by atoms with Gasteiger partial charge in [-0.1, -0.05) is 6.07 Å². The Labute approximate surface area is 132 Å². The van der Waals surface area contributed by atoms with Gasteiger partial charge in [-0.3, -0.25) is 14.6 Å². The van der Waals surface area contributed by atoms with Gasteiger partial charge < -0.3 is 5.32 Å². The zero-order valence-electron chi connectivity index (χ0n) is 12.4. The Morgan fingerprint density at radius 1 is 1.22 bits per heavy atom. The topological polar surface area (TPSA) is 83.5 Å². The minimum Gasteiger partial charge on any atom is -0.326 e. The lowest BCUT2D eigenvalue weighted by Gasteiger charge is -2.05. The zero-order valence-corrected chi connectivity index (χ0v) is 12.4. The van der Waals surface area contributed by atoms with E-state index in [1.165, 1.54) is 30.6 Å². The summed E-state index contributed by atoms with van der Waals surface area (Å²) in [5.74, 6) is -1.18. The van der Waals surface area contributed by atoms with Gasteiger partial charge in [-0.2, -0.15) is 5.10 Å². The average Bonchev–Trinajstić information content (AvgIpc) is 2.53. The fraction of sp³-hybridized carbons (Fsp3) is 0.125. The summed E-state index contributed by atoms with van der Waals surface area (Å²) >= 11 is 0. The molecule has 2 amide bonds. The Morgan fingerprint density at radius 2 is 1.96 bits per heavy atom. The van der Waals surface area contributed by atoms with Crippen molar-refractivity contribution in [3.05, 3.63) is 60.2 Å². The first-order valence-electron chi connectivity index (χ1n) is 6.83. The molecule has 1 aromatic carbocycles. The number of nitrogens with one attached hydrogen (secondary N) is 2. The number of pyridine rings is 1.